The second kappa shape index (κ2) is 6.14. The lowest BCUT2D eigenvalue weighted by molar-refractivity contribution is 0.415. The summed E-state index contributed by atoms with van der Waals surface area (Å²) in [5.41, 5.74) is 2.37. The van der Waals surface area contributed by atoms with Crippen LogP contribution in [-0.4, -0.2) is 43.3 Å². The molecule has 0 aliphatic carbocycles. The summed E-state index contributed by atoms with van der Waals surface area (Å²) in [6.07, 6.45) is 1.67. The maximum atomic E-state index is 5.26. The molecule has 1 aliphatic rings. The highest BCUT2D eigenvalue weighted by atomic mass is 32.1. The maximum Gasteiger partial charge on any atom is 0.141 e. The number of hydrogen-bond acceptors (Lipinski definition) is 6. The van der Waals surface area contributed by atoms with Gasteiger partial charge in [0.2, 0.25) is 0 Å². The van der Waals surface area contributed by atoms with Crippen molar-refractivity contribution < 1.29 is 4.74 Å². The standard InChI is InChI=1S/C17H18N4OS/c1-22-13-4-2-12(3-5-13)14-10-23-17-15(14)16(19-11-20-17)21-8-6-18-7-9-21/h2-5,10-11,18H,6-9H2,1H3. The molecule has 3 aromatic rings. The van der Waals surface area contributed by atoms with Crippen LogP contribution >= 0.6 is 11.3 Å². The summed E-state index contributed by atoms with van der Waals surface area (Å²) in [4.78, 5) is 12.4. The molecule has 0 spiro atoms. The molecule has 0 saturated carbocycles. The molecule has 2 aromatic heterocycles. The Morgan fingerprint density at radius 1 is 1.13 bits per heavy atom. The molecule has 1 aliphatic heterocycles. The molecule has 1 N–H and O–H groups in total. The molecule has 1 fully saturated rings. The highest BCUT2D eigenvalue weighted by molar-refractivity contribution is 7.17. The molecule has 0 radical (unpaired) electrons. The van der Waals surface area contributed by atoms with Gasteiger partial charge in [0.15, 0.2) is 0 Å². The van der Waals surface area contributed by atoms with Crippen LogP contribution in [0.5, 0.6) is 5.75 Å². The first-order valence-corrected chi connectivity index (χ1v) is 8.57. The largest absolute Gasteiger partial charge is 0.497 e. The normalized spacial score (nSPS) is 15.1. The molecular formula is C17H18N4OS. The number of thiophene rings is 1. The van der Waals surface area contributed by atoms with Crippen molar-refractivity contribution in [3.8, 4) is 16.9 Å². The summed E-state index contributed by atoms with van der Waals surface area (Å²) >= 11 is 1.67. The summed E-state index contributed by atoms with van der Waals surface area (Å²) in [6, 6.07) is 8.17. The van der Waals surface area contributed by atoms with Crippen molar-refractivity contribution in [3.63, 3.8) is 0 Å². The fourth-order valence-electron chi connectivity index (χ4n) is 2.96. The number of benzene rings is 1. The number of nitrogens with zero attached hydrogens (tertiary/aromatic N) is 3. The molecule has 0 bridgehead atoms. The molecule has 0 atom stereocenters. The van der Waals surface area contributed by atoms with Gasteiger partial charge in [0.1, 0.15) is 22.7 Å². The minimum atomic E-state index is 0.867. The van der Waals surface area contributed by atoms with Crippen molar-refractivity contribution in [2.45, 2.75) is 0 Å². The van der Waals surface area contributed by atoms with E-state index in [0.29, 0.717) is 0 Å². The van der Waals surface area contributed by atoms with Crippen molar-refractivity contribution in [2.24, 2.45) is 0 Å². The monoisotopic (exact) mass is 326 g/mol. The third kappa shape index (κ3) is 2.64. The van der Waals surface area contributed by atoms with E-state index < -0.39 is 0 Å². The van der Waals surface area contributed by atoms with Gasteiger partial charge < -0.3 is 15.0 Å². The lowest BCUT2D eigenvalue weighted by Crippen LogP contribution is -2.44. The topological polar surface area (TPSA) is 50.3 Å². The lowest BCUT2D eigenvalue weighted by Gasteiger charge is -2.29. The Morgan fingerprint density at radius 3 is 2.65 bits per heavy atom. The first-order chi connectivity index (χ1) is 11.4. The van der Waals surface area contributed by atoms with Crippen LogP contribution in [0.1, 0.15) is 0 Å². The smallest absolute Gasteiger partial charge is 0.141 e. The van der Waals surface area contributed by atoms with Crippen molar-refractivity contribution in [1.82, 2.24) is 15.3 Å². The zero-order valence-electron chi connectivity index (χ0n) is 13.0. The van der Waals surface area contributed by atoms with Crippen molar-refractivity contribution in [3.05, 3.63) is 36.0 Å². The molecule has 0 unspecified atom stereocenters. The molecule has 1 saturated heterocycles. The van der Waals surface area contributed by atoms with E-state index in [1.54, 1.807) is 24.8 Å². The summed E-state index contributed by atoms with van der Waals surface area (Å²) in [6.45, 7) is 3.94. The van der Waals surface area contributed by atoms with Crippen molar-refractivity contribution in [2.75, 3.05) is 38.2 Å². The fraction of sp³-hybridized carbons (Fsp3) is 0.294. The van der Waals surface area contributed by atoms with E-state index in [1.807, 2.05) is 12.1 Å². The second-order valence-electron chi connectivity index (χ2n) is 5.49. The quantitative estimate of drug-likeness (QED) is 0.802. The van der Waals surface area contributed by atoms with Crippen LogP contribution in [0.3, 0.4) is 0 Å². The van der Waals surface area contributed by atoms with Crippen LogP contribution in [0.25, 0.3) is 21.3 Å². The van der Waals surface area contributed by atoms with Crippen LogP contribution in [-0.2, 0) is 0 Å². The van der Waals surface area contributed by atoms with Gasteiger partial charge in [-0.25, -0.2) is 9.97 Å². The number of hydrogen-bond donors (Lipinski definition) is 1. The summed E-state index contributed by atoms with van der Waals surface area (Å²) < 4.78 is 5.26. The number of rotatable bonds is 3. The van der Waals surface area contributed by atoms with Gasteiger partial charge in [-0.1, -0.05) is 12.1 Å². The van der Waals surface area contributed by atoms with Crippen LogP contribution < -0.4 is 15.0 Å². The van der Waals surface area contributed by atoms with Gasteiger partial charge in [-0.3, -0.25) is 0 Å². The highest BCUT2D eigenvalue weighted by Crippen LogP contribution is 2.38. The zero-order chi connectivity index (χ0) is 15.6. The van der Waals surface area contributed by atoms with E-state index in [0.717, 1.165) is 48.0 Å². The van der Waals surface area contributed by atoms with Crippen molar-refractivity contribution >= 4 is 27.4 Å². The van der Waals surface area contributed by atoms with Gasteiger partial charge in [-0.05, 0) is 17.7 Å². The Kier molecular flexibility index (Phi) is 3.85. The minimum Gasteiger partial charge on any atom is -0.497 e. The molecule has 3 heterocycles. The van der Waals surface area contributed by atoms with Gasteiger partial charge in [-0.2, -0.15) is 0 Å². The van der Waals surface area contributed by atoms with Crippen LogP contribution in [0.2, 0.25) is 0 Å². The fourth-order valence-corrected chi connectivity index (χ4v) is 3.87. The van der Waals surface area contributed by atoms with Gasteiger partial charge in [-0.15, -0.1) is 11.3 Å². The third-order valence-electron chi connectivity index (χ3n) is 4.17. The molecule has 1 aromatic carbocycles. The van der Waals surface area contributed by atoms with Crippen LogP contribution in [0.15, 0.2) is 36.0 Å². The number of aromatic nitrogens is 2. The highest BCUT2D eigenvalue weighted by Gasteiger charge is 2.19. The molecule has 4 rings (SSSR count). The minimum absolute atomic E-state index is 0.867. The predicted molar refractivity (Wildman–Crippen MR) is 94.5 cm³/mol. The molecule has 23 heavy (non-hydrogen) atoms. The molecule has 118 valence electrons. The molecular weight excluding hydrogens is 308 g/mol. The number of ether oxygens (including phenoxy) is 1. The molecule has 6 heteroatoms. The Labute approximate surface area is 138 Å². The number of fused-ring (bicyclic) bond motifs is 1. The Bertz CT molecular complexity index is 809. The summed E-state index contributed by atoms with van der Waals surface area (Å²) in [5, 5.41) is 6.72. The maximum absolute atomic E-state index is 5.26. The average Bonchev–Trinajstić information content (AvgIpc) is 3.07. The van der Waals surface area contributed by atoms with E-state index in [2.05, 4.69) is 37.7 Å². The Hall–Kier alpha value is -2.18. The Balaban J connectivity index is 1.83. The van der Waals surface area contributed by atoms with Crippen LogP contribution in [0, 0.1) is 0 Å². The van der Waals surface area contributed by atoms with Gasteiger partial charge >= 0.3 is 0 Å². The van der Waals surface area contributed by atoms with Gasteiger partial charge in [0, 0.05) is 37.1 Å². The van der Waals surface area contributed by atoms with Gasteiger partial charge in [0.05, 0.1) is 12.5 Å². The first-order valence-electron chi connectivity index (χ1n) is 7.69. The number of anilines is 1. The summed E-state index contributed by atoms with van der Waals surface area (Å²) in [7, 11) is 1.69. The summed E-state index contributed by atoms with van der Waals surface area (Å²) in [5.74, 6) is 1.91. The van der Waals surface area contributed by atoms with E-state index in [1.165, 1.54) is 11.1 Å². The van der Waals surface area contributed by atoms with Crippen LogP contribution in [0.4, 0.5) is 5.82 Å². The number of methoxy groups -OCH3 is 1. The predicted octanol–water partition coefficient (Wildman–Crippen LogP) is 2.78. The third-order valence-corrected chi connectivity index (χ3v) is 5.05. The van der Waals surface area contributed by atoms with E-state index >= 15 is 0 Å². The Morgan fingerprint density at radius 2 is 1.91 bits per heavy atom. The lowest BCUT2D eigenvalue weighted by atomic mass is 10.1. The SMILES string of the molecule is COc1ccc(-c2csc3ncnc(N4CCNCC4)c23)cc1. The van der Waals surface area contributed by atoms with Crippen molar-refractivity contribution in [1.29, 1.82) is 0 Å². The first kappa shape index (κ1) is 14.4. The number of nitrogens with one attached hydrogen (secondary N) is 1. The molecule has 0 amide bonds. The zero-order valence-corrected chi connectivity index (χ0v) is 13.8. The van der Waals surface area contributed by atoms with E-state index in [4.69, 9.17) is 4.74 Å². The molecule has 5 nitrogen and oxygen atoms in total. The van der Waals surface area contributed by atoms with Gasteiger partial charge in [0.25, 0.3) is 0 Å². The second-order valence-corrected chi connectivity index (χ2v) is 6.35. The van der Waals surface area contributed by atoms with E-state index in [-0.39, 0.29) is 0 Å². The van der Waals surface area contributed by atoms with E-state index in [9.17, 15) is 0 Å². The average molecular weight is 326 g/mol. The number of piperazine rings is 1.